The standard InChI is InChI=1S/C9H15NO/c1-5(2)7-6(3)9(7,4)8(10)11/h6H,1-4H3,(H2,10,11). The van der Waals surface area contributed by atoms with Gasteiger partial charge in [-0.25, -0.2) is 0 Å². The molecule has 0 aromatic carbocycles. The molecular weight excluding hydrogens is 138 g/mol. The van der Waals surface area contributed by atoms with Crippen molar-refractivity contribution in [2.24, 2.45) is 17.1 Å². The molecule has 0 heterocycles. The molecule has 2 atom stereocenters. The highest BCUT2D eigenvalue weighted by Gasteiger charge is 2.58. The van der Waals surface area contributed by atoms with E-state index in [1.165, 1.54) is 11.1 Å². The maximum Gasteiger partial charge on any atom is 0.228 e. The summed E-state index contributed by atoms with van der Waals surface area (Å²) in [7, 11) is 0. The van der Waals surface area contributed by atoms with Crippen LogP contribution in [0.3, 0.4) is 0 Å². The van der Waals surface area contributed by atoms with Crippen LogP contribution < -0.4 is 5.73 Å². The van der Waals surface area contributed by atoms with Gasteiger partial charge in [0, 0.05) is 0 Å². The van der Waals surface area contributed by atoms with Crippen LogP contribution in [-0.4, -0.2) is 5.91 Å². The highest BCUT2D eigenvalue weighted by atomic mass is 16.1. The van der Waals surface area contributed by atoms with Gasteiger partial charge in [0.1, 0.15) is 0 Å². The van der Waals surface area contributed by atoms with E-state index in [0.29, 0.717) is 5.92 Å². The molecule has 0 spiro atoms. The van der Waals surface area contributed by atoms with Gasteiger partial charge in [-0.3, -0.25) is 4.79 Å². The summed E-state index contributed by atoms with van der Waals surface area (Å²) in [6.45, 7) is 8.02. The Morgan fingerprint density at radius 1 is 1.55 bits per heavy atom. The average molecular weight is 153 g/mol. The van der Waals surface area contributed by atoms with E-state index in [2.05, 4.69) is 0 Å². The van der Waals surface area contributed by atoms with Crippen molar-refractivity contribution in [3.63, 3.8) is 0 Å². The second-order valence-corrected chi connectivity index (χ2v) is 3.70. The largest absolute Gasteiger partial charge is 0.369 e. The van der Waals surface area contributed by atoms with Crippen molar-refractivity contribution in [2.45, 2.75) is 27.7 Å². The zero-order valence-corrected chi connectivity index (χ0v) is 7.56. The van der Waals surface area contributed by atoms with Crippen LogP contribution in [0.2, 0.25) is 0 Å². The minimum atomic E-state index is -0.334. The normalized spacial score (nSPS) is 35.3. The molecule has 0 saturated heterocycles. The Balaban J connectivity index is 2.99. The Kier molecular flexibility index (Phi) is 1.58. The quantitative estimate of drug-likeness (QED) is 0.569. The lowest BCUT2D eigenvalue weighted by atomic mass is 10.1. The van der Waals surface area contributed by atoms with Gasteiger partial charge in [-0.05, 0) is 26.7 Å². The first-order chi connectivity index (χ1) is 4.92. The smallest absolute Gasteiger partial charge is 0.228 e. The number of hydrogen-bond acceptors (Lipinski definition) is 1. The molecule has 0 bridgehead atoms. The fourth-order valence-electron chi connectivity index (χ4n) is 1.92. The lowest BCUT2D eigenvalue weighted by Crippen LogP contribution is -2.23. The molecule has 0 aromatic rings. The van der Waals surface area contributed by atoms with Crippen LogP contribution in [0.4, 0.5) is 0 Å². The number of rotatable bonds is 1. The monoisotopic (exact) mass is 153 g/mol. The van der Waals surface area contributed by atoms with Crippen molar-refractivity contribution in [3.8, 4) is 0 Å². The van der Waals surface area contributed by atoms with Crippen molar-refractivity contribution in [1.82, 2.24) is 0 Å². The number of nitrogens with two attached hydrogens (primary N) is 1. The molecule has 1 saturated carbocycles. The van der Waals surface area contributed by atoms with Crippen molar-refractivity contribution < 1.29 is 4.79 Å². The van der Waals surface area contributed by atoms with Crippen LogP contribution in [0.1, 0.15) is 27.7 Å². The first-order valence-electron chi connectivity index (χ1n) is 3.90. The SMILES string of the molecule is CC(C)=C1C(C)C1(C)C(N)=O. The molecule has 1 fully saturated rings. The second kappa shape index (κ2) is 2.10. The number of primary amides is 1. The van der Waals surface area contributed by atoms with Gasteiger partial charge in [-0.1, -0.05) is 18.1 Å². The van der Waals surface area contributed by atoms with E-state index in [0.717, 1.165) is 0 Å². The van der Waals surface area contributed by atoms with E-state index < -0.39 is 0 Å². The van der Waals surface area contributed by atoms with E-state index >= 15 is 0 Å². The first kappa shape index (κ1) is 8.31. The molecule has 0 aromatic heterocycles. The van der Waals surface area contributed by atoms with E-state index in [-0.39, 0.29) is 11.3 Å². The lowest BCUT2D eigenvalue weighted by Gasteiger charge is -2.00. The maximum atomic E-state index is 11.0. The molecule has 1 aliphatic rings. The molecule has 62 valence electrons. The van der Waals surface area contributed by atoms with Gasteiger partial charge >= 0.3 is 0 Å². The lowest BCUT2D eigenvalue weighted by molar-refractivity contribution is -0.122. The highest BCUT2D eigenvalue weighted by Crippen LogP contribution is 2.58. The number of amides is 1. The fraction of sp³-hybridized carbons (Fsp3) is 0.667. The van der Waals surface area contributed by atoms with Crippen molar-refractivity contribution in [3.05, 3.63) is 11.1 Å². The van der Waals surface area contributed by atoms with Crippen LogP contribution >= 0.6 is 0 Å². The fourth-order valence-corrected chi connectivity index (χ4v) is 1.92. The number of allylic oxidation sites excluding steroid dienone is 1. The summed E-state index contributed by atoms with van der Waals surface area (Å²) in [6.07, 6.45) is 0. The van der Waals surface area contributed by atoms with Crippen molar-refractivity contribution in [2.75, 3.05) is 0 Å². The van der Waals surface area contributed by atoms with Crippen LogP contribution in [-0.2, 0) is 4.79 Å². The van der Waals surface area contributed by atoms with Gasteiger partial charge in [0.05, 0.1) is 5.41 Å². The zero-order valence-electron chi connectivity index (χ0n) is 7.56. The summed E-state index contributed by atoms with van der Waals surface area (Å²) in [4.78, 5) is 11.0. The van der Waals surface area contributed by atoms with Gasteiger partial charge < -0.3 is 5.73 Å². The van der Waals surface area contributed by atoms with E-state index in [9.17, 15) is 4.79 Å². The summed E-state index contributed by atoms with van der Waals surface area (Å²) in [5.41, 5.74) is 7.40. The topological polar surface area (TPSA) is 43.1 Å². The van der Waals surface area contributed by atoms with Crippen LogP contribution in [0, 0.1) is 11.3 Å². The zero-order chi connectivity index (χ0) is 8.81. The van der Waals surface area contributed by atoms with Gasteiger partial charge in [-0.2, -0.15) is 0 Å². The second-order valence-electron chi connectivity index (χ2n) is 3.70. The number of carbonyl (C=O) groups is 1. The summed E-state index contributed by atoms with van der Waals surface area (Å²) in [5.74, 6) is 0.159. The van der Waals surface area contributed by atoms with E-state index in [1.807, 2.05) is 27.7 Å². The van der Waals surface area contributed by atoms with Gasteiger partial charge in [-0.15, -0.1) is 0 Å². The first-order valence-corrected chi connectivity index (χ1v) is 3.90. The summed E-state index contributed by atoms with van der Waals surface area (Å²) in [5, 5.41) is 0. The minimum Gasteiger partial charge on any atom is -0.369 e. The summed E-state index contributed by atoms with van der Waals surface area (Å²) >= 11 is 0. The Morgan fingerprint density at radius 2 is 2.00 bits per heavy atom. The van der Waals surface area contributed by atoms with Gasteiger partial charge in [0.25, 0.3) is 0 Å². The Labute approximate surface area is 67.5 Å². The predicted molar refractivity (Wildman–Crippen MR) is 44.8 cm³/mol. The number of hydrogen-bond donors (Lipinski definition) is 1. The molecule has 11 heavy (non-hydrogen) atoms. The van der Waals surface area contributed by atoms with E-state index in [4.69, 9.17) is 5.73 Å². The molecule has 1 rings (SSSR count). The third-order valence-corrected chi connectivity index (χ3v) is 2.83. The van der Waals surface area contributed by atoms with E-state index in [1.54, 1.807) is 0 Å². The molecule has 2 heteroatoms. The number of carbonyl (C=O) groups excluding carboxylic acids is 1. The minimum absolute atomic E-state index is 0.193. The Hall–Kier alpha value is -0.790. The Morgan fingerprint density at radius 3 is 2.09 bits per heavy atom. The third-order valence-electron chi connectivity index (χ3n) is 2.83. The molecule has 2 N–H and O–H groups in total. The van der Waals surface area contributed by atoms with Gasteiger partial charge in [0.2, 0.25) is 5.91 Å². The van der Waals surface area contributed by atoms with Crippen LogP contribution in [0.15, 0.2) is 11.1 Å². The van der Waals surface area contributed by atoms with Crippen molar-refractivity contribution >= 4 is 5.91 Å². The average Bonchev–Trinajstić information content (AvgIpc) is 2.37. The molecule has 1 aliphatic carbocycles. The van der Waals surface area contributed by atoms with Crippen molar-refractivity contribution in [1.29, 1.82) is 0 Å². The molecule has 0 radical (unpaired) electrons. The highest BCUT2D eigenvalue weighted by molar-refractivity contribution is 5.90. The predicted octanol–water partition coefficient (Wildman–Crippen LogP) is 1.46. The molecule has 2 unspecified atom stereocenters. The van der Waals surface area contributed by atoms with Crippen LogP contribution in [0.25, 0.3) is 0 Å². The molecule has 2 nitrogen and oxygen atoms in total. The molecule has 1 amide bonds. The Bertz CT molecular complexity index is 238. The maximum absolute atomic E-state index is 11.0. The summed E-state index contributed by atoms with van der Waals surface area (Å²) in [6, 6.07) is 0. The molecular formula is C9H15NO. The molecule has 0 aliphatic heterocycles. The third kappa shape index (κ3) is 0.889. The summed E-state index contributed by atoms with van der Waals surface area (Å²) < 4.78 is 0. The van der Waals surface area contributed by atoms with Gasteiger partial charge in [0.15, 0.2) is 0 Å². The van der Waals surface area contributed by atoms with Crippen LogP contribution in [0.5, 0.6) is 0 Å².